The van der Waals surface area contributed by atoms with Crippen LogP contribution in [0.25, 0.3) is 0 Å². The van der Waals surface area contributed by atoms with Gasteiger partial charge in [-0.3, -0.25) is 9.36 Å². The zero-order valence-corrected chi connectivity index (χ0v) is 15.6. The molecule has 2 aromatic rings. The molecule has 144 valence electrons. The topological polar surface area (TPSA) is 60.1 Å². The van der Waals surface area contributed by atoms with Gasteiger partial charge >= 0.3 is 5.69 Å². The van der Waals surface area contributed by atoms with Crippen molar-refractivity contribution in [2.45, 2.75) is 50.5 Å². The summed E-state index contributed by atoms with van der Waals surface area (Å²) in [6.07, 6.45) is 6.10. The number of hydrogen-bond acceptors (Lipinski definition) is 3. The number of carbonyl (C=O) groups is 1. The molecule has 1 aromatic carbocycles. The highest BCUT2D eigenvalue weighted by Gasteiger charge is 2.32. The van der Waals surface area contributed by atoms with Gasteiger partial charge in [-0.1, -0.05) is 12.8 Å². The van der Waals surface area contributed by atoms with Gasteiger partial charge in [0.05, 0.1) is 0 Å². The van der Waals surface area contributed by atoms with E-state index in [2.05, 4.69) is 5.10 Å². The number of amides is 1. The van der Waals surface area contributed by atoms with Gasteiger partial charge in [0.2, 0.25) is 0 Å². The third-order valence-electron chi connectivity index (χ3n) is 5.84. The molecule has 2 heterocycles. The van der Waals surface area contributed by atoms with Crippen LogP contribution in [0.2, 0.25) is 0 Å². The van der Waals surface area contributed by atoms with Crippen LogP contribution in [0.1, 0.15) is 66.7 Å². The molecule has 1 amide bonds. The van der Waals surface area contributed by atoms with Gasteiger partial charge in [0, 0.05) is 37.7 Å². The predicted octanol–water partition coefficient (Wildman–Crippen LogP) is 2.86. The maximum atomic E-state index is 13.1. The number of benzene rings is 1. The summed E-state index contributed by atoms with van der Waals surface area (Å²) in [6.45, 7) is 1.21. The molecule has 27 heavy (non-hydrogen) atoms. The molecule has 7 heteroatoms. The Morgan fingerprint density at radius 2 is 1.81 bits per heavy atom. The second-order valence-corrected chi connectivity index (χ2v) is 7.67. The fourth-order valence-electron chi connectivity index (χ4n) is 4.43. The summed E-state index contributed by atoms with van der Waals surface area (Å²) < 4.78 is 16.4. The summed E-state index contributed by atoms with van der Waals surface area (Å²) in [5.41, 5.74) is 0.435. The molecule has 1 unspecified atom stereocenters. The van der Waals surface area contributed by atoms with Gasteiger partial charge < -0.3 is 4.90 Å². The van der Waals surface area contributed by atoms with Crippen molar-refractivity contribution in [1.82, 2.24) is 19.2 Å². The number of likely N-dealkylation sites (tertiary alicyclic amines) is 1. The molecule has 1 aromatic heterocycles. The molecule has 4 rings (SSSR count). The zero-order valence-electron chi connectivity index (χ0n) is 15.6. The van der Waals surface area contributed by atoms with Crippen LogP contribution in [0.4, 0.5) is 4.39 Å². The number of aryl methyl sites for hydroxylation is 1. The van der Waals surface area contributed by atoms with E-state index in [1.165, 1.54) is 28.9 Å². The van der Waals surface area contributed by atoms with Crippen molar-refractivity contribution in [1.29, 1.82) is 0 Å². The number of rotatable bonds is 3. The van der Waals surface area contributed by atoms with Crippen molar-refractivity contribution in [3.8, 4) is 0 Å². The third-order valence-corrected chi connectivity index (χ3v) is 5.84. The molecule has 1 aliphatic heterocycles. The van der Waals surface area contributed by atoms with Crippen molar-refractivity contribution in [3.63, 3.8) is 0 Å². The van der Waals surface area contributed by atoms with Crippen molar-refractivity contribution in [2.75, 3.05) is 13.1 Å². The molecule has 0 spiro atoms. The van der Waals surface area contributed by atoms with E-state index in [9.17, 15) is 14.0 Å². The first-order valence-electron chi connectivity index (χ1n) is 9.75. The fourth-order valence-corrected chi connectivity index (χ4v) is 4.43. The van der Waals surface area contributed by atoms with E-state index < -0.39 is 0 Å². The predicted molar refractivity (Wildman–Crippen MR) is 99.3 cm³/mol. The monoisotopic (exact) mass is 372 g/mol. The Bertz CT molecular complexity index is 880. The van der Waals surface area contributed by atoms with Crippen molar-refractivity contribution < 1.29 is 9.18 Å². The van der Waals surface area contributed by atoms with Crippen molar-refractivity contribution in [3.05, 3.63) is 52.0 Å². The van der Waals surface area contributed by atoms with Crippen LogP contribution in [0, 0.1) is 5.82 Å². The lowest BCUT2D eigenvalue weighted by Crippen LogP contribution is -2.40. The number of carbonyl (C=O) groups excluding carboxylic acids is 1. The maximum Gasteiger partial charge on any atom is 0.345 e. The lowest BCUT2D eigenvalue weighted by Gasteiger charge is -2.33. The molecule has 1 aliphatic carbocycles. The number of halogens is 1. The number of nitrogens with zero attached hydrogens (tertiary/aromatic N) is 4. The van der Waals surface area contributed by atoms with Gasteiger partial charge in [-0.2, -0.15) is 5.10 Å². The van der Waals surface area contributed by atoms with Gasteiger partial charge in [-0.15, -0.1) is 0 Å². The molecule has 6 nitrogen and oxygen atoms in total. The van der Waals surface area contributed by atoms with Crippen LogP contribution in [-0.2, 0) is 7.05 Å². The fraction of sp³-hybridized carbons (Fsp3) is 0.550. The van der Waals surface area contributed by atoms with Gasteiger partial charge in [0.1, 0.15) is 11.6 Å². The molecule has 1 atom stereocenters. The molecule has 2 aliphatic rings. The molecule has 1 saturated carbocycles. The summed E-state index contributed by atoms with van der Waals surface area (Å²) in [6, 6.07) is 5.90. The Labute approximate surface area is 157 Å². The highest BCUT2D eigenvalue weighted by atomic mass is 19.1. The molecule has 2 fully saturated rings. The van der Waals surface area contributed by atoms with E-state index >= 15 is 0 Å². The van der Waals surface area contributed by atoms with Gasteiger partial charge in [0.25, 0.3) is 5.91 Å². The normalized spacial score (nSPS) is 21.0. The first-order valence-corrected chi connectivity index (χ1v) is 9.75. The Kier molecular flexibility index (Phi) is 4.85. The van der Waals surface area contributed by atoms with Crippen molar-refractivity contribution >= 4 is 5.91 Å². The highest BCUT2D eigenvalue weighted by Crippen LogP contribution is 2.33. The molecule has 0 N–H and O–H groups in total. The van der Waals surface area contributed by atoms with E-state index in [0.29, 0.717) is 18.7 Å². The standard InChI is InChI=1S/C20H25FN4O2/c1-23-20(27)25(17-6-2-3-7-17)18(22-23)15-5-4-12-24(13-15)19(26)14-8-10-16(21)11-9-14/h8-11,15,17H,2-7,12-13H2,1H3. The largest absolute Gasteiger partial charge is 0.345 e. The van der Waals surface area contributed by atoms with Crippen LogP contribution in [0.15, 0.2) is 29.1 Å². The second-order valence-electron chi connectivity index (χ2n) is 7.67. The third kappa shape index (κ3) is 3.42. The van der Waals surface area contributed by atoms with Gasteiger partial charge in [-0.05, 0) is 49.9 Å². The maximum absolute atomic E-state index is 13.1. The highest BCUT2D eigenvalue weighted by molar-refractivity contribution is 5.94. The van der Waals surface area contributed by atoms with Crippen LogP contribution >= 0.6 is 0 Å². The minimum absolute atomic E-state index is 0.0534. The summed E-state index contributed by atoms with van der Waals surface area (Å²) in [7, 11) is 1.70. The summed E-state index contributed by atoms with van der Waals surface area (Å²) >= 11 is 0. The Morgan fingerprint density at radius 3 is 2.52 bits per heavy atom. The first kappa shape index (κ1) is 17.9. The SMILES string of the molecule is Cn1nc(C2CCCN(C(=O)c3ccc(F)cc3)C2)n(C2CCCC2)c1=O. The minimum atomic E-state index is -0.350. The smallest absolute Gasteiger partial charge is 0.338 e. The van der Waals surface area contributed by atoms with Crippen LogP contribution in [0.5, 0.6) is 0 Å². The number of piperidine rings is 1. The number of aromatic nitrogens is 3. The molecule has 0 bridgehead atoms. The minimum Gasteiger partial charge on any atom is -0.338 e. The molecule has 0 radical (unpaired) electrons. The van der Waals surface area contributed by atoms with Gasteiger partial charge in [0.15, 0.2) is 0 Å². The molecule has 1 saturated heterocycles. The summed E-state index contributed by atoms with van der Waals surface area (Å²) in [5.74, 6) is 0.422. The number of hydrogen-bond donors (Lipinski definition) is 0. The van der Waals surface area contributed by atoms with E-state index in [1.807, 2.05) is 4.57 Å². The lowest BCUT2D eigenvalue weighted by molar-refractivity contribution is 0.0702. The van der Waals surface area contributed by atoms with E-state index in [-0.39, 0.29) is 29.4 Å². The zero-order chi connectivity index (χ0) is 19.0. The molecular formula is C20H25FN4O2. The average Bonchev–Trinajstić information content (AvgIpc) is 3.30. The summed E-state index contributed by atoms with van der Waals surface area (Å²) in [4.78, 5) is 27.3. The Balaban J connectivity index is 1.58. The van der Waals surface area contributed by atoms with Gasteiger partial charge in [-0.25, -0.2) is 13.9 Å². The van der Waals surface area contributed by atoms with E-state index in [4.69, 9.17) is 0 Å². The average molecular weight is 372 g/mol. The quantitative estimate of drug-likeness (QED) is 0.832. The van der Waals surface area contributed by atoms with Crippen LogP contribution in [0.3, 0.4) is 0 Å². The Hall–Kier alpha value is -2.44. The first-order chi connectivity index (χ1) is 13.0. The molecular weight excluding hydrogens is 347 g/mol. The summed E-state index contributed by atoms with van der Waals surface area (Å²) in [5, 5.41) is 4.54. The van der Waals surface area contributed by atoms with E-state index in [0.717, 1.165) is 44.3 Å². The Morgan fingerprint density at radius 1 is 1.11 bits per heavy atom. The van der Waals surface area contributed by atoms with Crippen LogP contribution < -0.4 is 5.69 Å². The lowest BCUT2D eigenvalue weighted by atomic mass is 9.96. The van der Waals surface area contributed by atoms with Crippen molar-refractivity contribution in [2.24, 2.45) is 7.05 Å². The second kappa shape index (κ2) is 7.29. The van der Waals surface area contributed by atoms with E-state index in [1.54, 1.807) is 11.9 Å². The van der Waals surface area contributed by atoms with Crippen LogP contribution in [-0.4, -0.2) is 38.2 Å².